The predicted octanol–water partition coefficient (Wildman–Crippen LogP) is 3.13. The van der Waals surface area contributed by atoms with Crippen LogP contribution >= 0.6 is 0 Å². The van der Waals surface area contributed by atoms with Gasteiger partial charge in [0, 0.05) is 12.6 Å². The van der Waals surface area contributed by atoms with Gasteiger partial charge in [-0.05, 0) is 42.2 Å². The van der Waals surface area contributed by atoms with Crippen LogP contribution in [0.4, 0.5) is 0 Å². The maximum absolute atomic E-state index is 12.2. The van der Waals surface area contributed by atoms with Crippen LogP contribution in [0.5, 0.6) is 5.75 Å². The number of nitrogens with one attached hydrogen (secondary N) is 2. The monoisotopic (exact) mass is 366 g/mol. The van der Waals surface area contributed by atoms with Gasteiger partial charge in [-0.15, -0.1) is 0 Å². The summed E-state index contributed by atoms with van der Waals surface area (Å²) in [6, 6.07) is 16.7. The van der Waals surface area contributed by atoms with Crippen molar-refractivity contribution in [3.63, 3.8) is 0 Å². The summed E-state index contributed by atoms with van der Waals surface area (Å²) in [5.41, 5.74) is 2.04. The molecule has 2 amide bonds. The molecule has 2 unspecified atom stereocenters. The molecule has 0 saturated carbocycles. The normalized spacial score (nSPS) is 13.0. The minimum atomic E-state index is -0.610. The summed E-state index contributed by atoms with van der Waals surface area (Å²) in [5.74, 6) is 0.438. The molecular weight excluding hydrogens is 340 g/mol. The fraction of sp³-hybridized carbons (Fsp3) is 0.273. The Hall–Kier alpha value is -3.08. The first-order valence-electron chi connectivity index (χ1n) is 8.95. The van der Waals surface area contributed by atoms with Crippen LogP contribution in [0.3, 0.4) is 0 Å². The van der Waals surface area contributed by atoms with Crippen molar-refractivity contribution in [3.8, 4) is 5.75 Å². The molecule has 0 spiro atoms. The van der Waals surface area contributed by atoms with E-state index < -0.39 is 6.04 Å². The first-order valence-corrected chi connectivity index (χ1v) is 8.95. The lowest BCUT2D eigenvalue weighted by Gasteiger charge is -2.16. The van der Waals surface area contributed by atoms with Crippen molar-refractivity contribution in [2.24, 2.45) is 0 Å². The summed E-state index contributed by atoms with van der Waals surface area (Å²) >= 11 is 0. The third-order valence-corrected chi connectivity index (χ3v) is 4.25. The lowest BCUT2D eigenvalue weighted by molar-refractivity contribution is -0.126. The summed E-state index contributed by atoms with van der Waals surface area (Å²) in [7, 11) is 1.60. The van der Waals surface area contributed by atoms with E-state index >= 15 is 0 Å². The SMILES string of the molecule is COc1ccc(/C=C/C(=O)NC(C)C(=O)NCC(C)c2ccccc2)cc1. The number of benzene rings is 2. The molecular formula is C22H26N2O3. The molecule has 2 aromatic rings. The summed E-state index contributed by atoms with van der Waals surface area (Å²) in [6.07, 6.45) is 3.11. The molecule has 2 N–H and O–H groups in total. The van der Waals surface area contributed by atoms with Gasteiger partial charge in [-0.3, -0.25) is 9.59 Å². The Kier molecular flexibility index (Phi) is 7.62. The molecule has 0 saturated heterocycles. The van der Waals surface area contributed by atoms with Crippen LogP contribution in [0, 0.1) is 0 Å². The third kappa shape index (κ3) is 6.62. The number of methoxy groups -OCH3 is 1. The van der Waals surface area contributed by atoms with Gasteiger partial charge in [0.2, 0.25) is 11.8 Å². The van der Waals surface area contributed by atoms with E-state index in [9.17, 15) is 9.59 Å². The van der Waals surface area contributed by atoms with Gasteiger partial charge in [-0.25, -0.2) is 0 Å². The Labute approximate surface area is 160 Å². The smallest absolute Gasteiger partial charge is 0.244 e. The molecule has 0 fully saturated rings. The summed E-state index contributed by atoms with van der Waals surface area (Å²) in [5, 5.41) is 5.55. The molecule has 0 aromatic heterocycles. The third-order valence-electron chi connectivity index (χ3n) is 4.25. The fourth-order valence-electron chi connectivity index (χ4n) is 2.52. The van der Waals surface area contributed by atoms with E-state index in [2.05, 4.69) is 17.6 Å². The van der Waals surface area contributed by atoms with Crippen molar-refractivity contribution < 1.29 is 14.3 Å². The van der Waals surface area contributed by atoms with E-state index in [0.717, 1.165) is 16.9 Å². The van der Waals surface area contributed by atoms with Crippen LogP contribution in [0.1, 0.15) is 30.9 Å². The zero-order valence-electron chi connectivity index (χ0n) is 15.9. The number of rotatable bonds is 8. The van der Waals surface area contributed by atoms with Gasteiger partial charge in [0.15, 0.2) is 0 Å². The Bertz CT molecular complexity index is 770. The molecule has 5 heteroatoms. The van der Waals surface area contributed by atoms with Crippen LogP contribution in [-0.2, 0) is 9.59 Å². The molecule has 142 valence electrons. The van der Waals surface area contributed by atoms with Crippen LogP contribution in [0.25, 0.3) is 6.08 Å². The molecule has 2 aromatic carbocycles. The van der Waals surface area contributed by atoms with Crippen molar-refractivity contribution in [1.82, 2.24) is 10.6 Å². The highest BCUT2D eigenvalue weighted by atomic mass is 16.5. The van der Waals surface area contributed by atoms with Crippen molar-refractivity contribution in [1.29, 1.82) is 0 Å². The van der Waals surface area contributed by atoms with Gasteiger partial charge < -0.3 is 15.4 Å². The van der Waals surface area contributed by atoms with Crippen LogP contribution in [0.15, 0.2) is 60.7 Å². The molecule has 27 heavy (non-hydrogen) atoms. The molecule has 5 nitrogen and oxygen atoms in total. The van der Waals surface area contributed by atoms with E-state index in [4.69, 9.17) is 4.74 Å². The molecule has 0 aliphatic heterocycles. The molecule has 0 radical (unpaired) electrons. The number of ether oxygens (including phenoxy) is 1. The highest BCUT2D eigenvalue weighted by Gasteiger charge is 2.15. The molecule has 2 rings (SSSR count). The largest absolute Gasteiger partial charge is 0.497 e. The number of carbonyl (C=O) groups is 2. The second-order valence-corrected chi connectivity index (χ2v) is 6.39. The number of hydrogen-bond donors (Lipinski definition) is 2. The average Bonchev–Trinajstić information content (AvgIpc) is 2.71. The molecule has 2 atom stereocenters. The topological polar surface area (TPSA) is 67.4 Å². The first kappa shape index (κ1) is 20.2. The van der Waals surface area contributed by atoms with Gasteiger partial charge in [-0.1, -0.05) is 49.4 Å². The standard InChI is InChI=1S/C22H26N2O3/c1-16(19-7-5-4-6-8-19)15-23-22(26)17(2)24-21(25)14-11-18-9-12-20(27-3)13-10-18/h4-14,16-17H,15H2,1-3H3,(H,23,26)(H,24,25)/b14-11+. The maximum Gasteiger partial charge on any atom is 0.244 e. The second kappa shape index (κ2) is 10.2. The van der Waals surface area contributed by atoms with Crippen LogP contribution in [0.2, 0.25) is 0 Å². The van der Waals surface area contributed by atoms with Crippen LogP contribution in [-0.4, -0.2) is 31.5 Å². The lowest BCUT2D eigenvalue weighted by Crippen LogP contribution is -2.45. The molecule has 0 heterocycles. The van der Waals surface area contributed by atoms with Gasteiger partial charge in [0.25, 0.3) is 0 Å². The minimum Gasteiger partial charge on any atom is -0.497 e. The van der Waals surface area contributed by atoms with Gasteiger partial charge >= 0.3 is 0 Å². The number of amides is 2. The minimum absolute atomic E-state index is 0.202. The maximum atomic E-state index is 12.2. The highest BCUT2D eigenvalue weighted by Crippen LogP contribution is 2.13. The molecule has 0 aliphatic carbocycles. The van der Waals surface area contributed by atoms with E-state index in [1.54, 1.807) is 20.1 Å². The molecule has 0 bridgehead atoms. The molecule has 0 aliphatic rings. The van der Waals surface area contributed by atoms with Gasteiger partial charge in [0.1, 0.15) is 11.8 Å². The van der Waals surface area contributed by atoms with Crippen molar-refractivity contribution in [2.45, 2.75) is 25.8 Å². The summed E-state index contributed by atoms with van der Waals surface area (Å²) in [6.45, 7) is 4.24. The predicted molar refractivity (Wildman–Crippen MR) is 107 cm³/mol. The Morgan fingerprint density at radius 2 is 1.70 bits per heavy atom. The number of hydrogen-bond acceptors (Lipinski definition) is 3. The average molecular weight is 366 g/mol. The zero-order chi connectivity index (χ0) is 19.6. The first-order chi connectivity index (χ1) is 13.0. The fourth-order valence-corrected chi connectivity index (χ4v) is 2.52. The highest BCUT2D eigenvalue weighted by molar-refractivity contribution is 5.95. The zero-order valence-corrected chi connectivity index (χ0v) is 15.9. The van der Waals surface area contributed by atoms with Gasteiger partial charge in [-0.2, -0.15) is 0 Å². The lowest BCUT2D eigenvalue weighted by atomic mass is 10.0. The van der Waals surface area contributed by atoms with E-state index in [-0.39, 0.29) is 17.7 Å². The van der Waals surface area contributed by atoms with Crippen molar-refractivity contribution in [2.75, 3.05) is 13.7 Å². The van der Waals surface area contributed by atoms with Crippen molar-refractivity contribution in [3.05, 3.63) is 71.8 Å². The second-order valence-electron chi connectivity index (χ2n) is 6.39. The number of carbonyl (C=O) groups excluding carboxylic acids is 2. The van der Waals surface area contributed by atoms with Crippen molar-refractivity contribution >= 4 is 17.9 Å². The Balaban J connectivity index is 1.78. The van der Waals surface area contributed by atoms with E-state index in [0.29, 0.717) is 6.54 Å². The van der Waals surface area contributed by atoms with E-state index in [1.807, 2.05) is 54.6 Å². The summed E-state index contributed by atoms with van der Waals surface area (Å²) in [4.78, 5) is 24.2. The Morgan fingerprint density at radius 3 is 2.33 bits per heavy atom. The van der Waals surface area contributed by atoms with E-state index in [1.165, 1.54) is 6.08 Å². The Morgan fingerprint density at radius 1 is 1.04 bits per heavy atom. The van der Waals surface area contributed by atoms with Crippen LogP contribution < -0.4 is 15.4 Å². The summed E-state index contributed by atoms with van der Waals surface area (Å²) < 4.78 is 5.09. The quantitative estimate of drug-likeness (QED) is 0.706. The van der Waals surface area contributed by atoms with Gasteiger partial charge in [0.05, 0.1) is 7.11 Å².